The number of hydrogen-bond donors (Lipinski definition) is 1. The van der Waals surface area contributed by atoms with Crippen molar-refractivity contribution >= 4 is 11.6 Å². The monoisotopic (exact) mass is 260 g/mol. The van der Waals surface area contributed by atoms with Crippen molar-refractivity contribution in [3.8, 4) is 0 Å². The standard InChI is InChI=1S/C16H24N2O/c1-13(17-14-8-5-4-6-9-14)15(19)18-11-7-10-16(2,3)12-18/h4-6,8-9,13,17H,7,10-12H2,1-3H3. The summed E-state index contributed by atoms with van der Waals surface area (Å²) < 4.78 is 0. The van der Waals surface area contributed by atoms with Gasteiger partial charge in [0.2, 0.25) is 5.91 Å². The van der Waals surface area contributed by atoms with Gasteiger partial charge in [0.25, 0.3) is 0 Å². The number of likely N-dealkylation sites (tertiary alicyclic amines) is 1. The molecule has 1 atom stereocenters. The van der Waals surface area contributed by atoms with Crippen molar-refractivity contribution in [2.45, 2.75) is 39.7 Å². The molecular weight excluding hydrogens is 236 g/mol. The van der Waals surface area contributed by atoms with Crippen LogP contribution in [-0.4, -0.2) is 29.9 Å². The number of benzene rings is 1. The number of piperidine rings is 1. The van der Waals surface area contributed by atoms with Crippen molar-refractivity contribution in [3.63, 3.8) is 0 Å². The molecule has 1 aromatic rings. The van der Waals surface area contributed by atoms with E-state index in [0.29, 0.717) is 0 Å². The molecule has 0 saturated carbocycles. The highest BCUT2D eigenvalue weighted by atomic mass is 16.2. The third-order valence-corrected chi connectivity index (χ3v) is 3.74. The summed E-state index contributed by atoms with van der Waals surface area (Å²) in [6, 6.07) is 9.74. The zero-order chi connectivity index (χ0) is 13.9. The Bertz CT molecular complexity index is 428. The number of amides is 1. The summed E-state index contributed by atoms with van der Waals surface area (Å²) >= 11 is 0. The first-order valence-electron chi connectivity index (χ1n) is 7.08. The minimum absolute atomic E-state index is 0.170. The van der Waals surface area contributed by atoms with Gasteiger partial charge in [0, 0.05) is 18.8 Å². The zero-order valence-electron chi connectivity index (χ0n) is 12.1. The quantitative estimate of drug-likeness (QED) is 0.905. The van der Waals surface area contributed by atoms with Gasteiger partial charge in [-0.25, -0.2) is 0 Å². The number of hydrogen-bond acceptors (Lipinski definition) is 2. The van der Waals surface area contributed by atoms with Crippen LogP contribution in [0, 0.1) is 5.41 Å². The molecule has 3 nitrogen and oxygen atoms in total. The molecule has 1 aliphatic heterocycles. The van der Waals surface area contributed by atoms with E-state index >= 15 is 0 Å². The molecule has 1 fully saturated rings. The maximum absolute atomic E-state index is 12.5. The van der Waals surface area contributed by atoms with Crippen LogP contribution in [0.2, 0.25) is 0 Å². The Morgan fingerprint density at radius 2 is 2.00 bits per heavy atom. The van der Waals surface area contributed by atoms with Crippen LogP contribution in [0.25, 0.3) is 0 Å². The van der Waals surface area contributed by atoms with E-state index in [2.05, 4.69) is 19.2 Å². The first-order chi connectivity index (χ1) is 8.98. The second kappa shape index (κ2) is 5.64. The molecule has 0 aliphatic carbocycles. The predicted octanol–water partition coefficient (Wildman–Crippen LogP) is 3.14. The van der Waals surface area contributed by atoms with E-state index < -0.39 is 0 Å². The molecular formula is C16H24N2O. The molecule has 0 aromatic heterocycles. The fraction of sp³-hybridized carbons (Fsp3) is 0.562. The summed E-state index contributed by atoms with van der Waals surface area (Å²) in [4.78, 5) is 14.5. The second-order valence-electron chi connectivity index (χ2n) is 6.26. The van der Waals surface area contributed by atoms with Crippen molar-refractivity contribution in [2.24, 2.45) is 5.41 Å². The van der Waals surface area contributed by atoms with Gasteiger partial charge in [0.15, 0.2) is 0 Å². The molecule has 0 spiro atoms. The van der Waals surface area contributed by atoms with E-state index in [1.54, 1.807) is 0 Å². The molecule has 0 bridgehead atoms. The topological polar surface area (TPSA) is 32.3 Å². The summed E-state index contributed by atoms with van der Waals surface area (Å²) in [6.07, 6.45) is 2.31. The minimum Gasteiger partial charge on any atom is -0.374 e. The lowest BCUT2D eigenvalue weighted by Crippen LogP contribution is -2.48. The number of para-hydroxylation sites is 1. The van der Waals surface area contributed by atoms with Crippen LogP contribution in [0.15, 0.2) is 30.3 Å². The fourth-order valence-corrected chi connectivity index (χ4v) is 2.73. The van der Waals surface area contributed by atoms with Gasteiger partial charge in [-0.3, -0.25) is 4.79 Å². The van der Waals surface area contributed by atoms with Crippen LogP contribution < -0.4 is 5.32 Å². The van der Waals surface area contributed by atoms with Crippen LogP contribution >= 0.6 is 0 Å². The predicted molar refractivity (Wildman–Crippen MR) is 79.1 cm³/mol. The number of nitrogens with one attached hydrogen (secondary N) is 1. The Balaban J connectivity index is 1.95. The molecule has 1 aliphatic rings. The van der Waals surface area contributed by atoms with E-state index in [-0.39, 0.29) is 17.4 Å². The van der Waals surface area contributed by atoms with E-state index in [4.69, 9.17) is 0 Å². The Labute approximate surface area is 116 Å². The van der Waals surface area contributed by atoms with Crippen molar-refractivity contribution < 1.29 is 4.79 Å². The lowest BCUT2D eigenvalue weighted by molar-refractivity contribution is -0.134. The summed E-state index contributed by atoms with van der Waals surface area (Å²) in [7, 11) is 0. The van der Waals surface area contributed by atoms with E-state index in [0.717, 1.165) is 25.2 Å². The molecule has 104 valence electrons. The Morgan fingerprint density at radius 1 is 1.32 bits per heavy atom. The van der Waals surface area contributed by atoms with Gasteiger partial charge >= 0.3 is 0 Å². The van der Waals surface area contributed by atoms with Crippen molar-refractivity contribution in [2.75, 3.05) is 18.4 Å². The third kappa shape index (κ3) is 3.72. The third-order valence-electron chi connectivity index (χ3n) is 3.74. The van der Waals surface area contributed by atoms with Gasteiger partial charge < -0.3 is 10.2 Å². The van der Waals surface area contributed by atoms with Gasteiger partial charge in [0.05, 0.1) is 0 Å². The molecule has 0 radical (unpaired) electrons. The number of anilines is 1. The Kier molecular flexibility index (Phi) is 4.13. The maximum Gasteiger partial charge on any atom is 0.244 e. The van der Waals surface area contributed by atoms with Crippen LogP contribution in [0.1, 0.15) is 33.6 Å². The first kappa shape index (κ1) is 13.9. The fourth-order valence-electron chi connectivity index (χ4n) is 2.73. The van der Waals surface area contributed by atoms with Gasteiger partial charge in [-0.05, 0) is 37.3 Å². The molecule has 2 rings (SSSR count). The largest absolute Gasteiger partial charge is 0.374 e. The smallest absolute Gasteiger partial charge is 0.244 e. The normalized spacial score (nSPS) is 19.8. The highest BCUT2D eigenvalue weighted by molar-refractivity contribution is 5.84. The lowest BCUT2D eigenvalue weighted by atomic mass is 9.84. The van der Waals surface area contributed by atoms with Crippen molar-refractivity contribution in [3.05, 3.63) is 30.3 Å². The summed E-state index contributed by atoms with van der Waals surface area (Å²) in [5.41, 5.74) is 1.25. The average molecular weight is 260 g/mol. The molecule has 1 amide bonds. The zero-order valence-corrected chi connectivity index (χ0v) is 12.1. The number of rotatable bonds is 3. The Morgan fingerprint density at radius 3 is 2.63 bits per heavy atom. The minimum atomic E-state index is -0.170. The van der Waals surface area contributed by atoms with E-state index in [1.807, 2.05) is 42.2 Å². The van der Waals surface area contributed by atoms with Crippen LogP contribution in [0.4, 0.5) is 5.69 Å². The molecule has 1 heterocycles. The van der Waals surface area contributed by atoms with E-state index in [1.165, 1.54) is 6.42 Å². The molecule has 3 heteroatoms. The van der Waals surface area contributed by atoms with Crippen molar-refractivity contribution in [1.82, 2.24) is 4.90 Å². The van der Waals surface area contributed by atoms with E-state index in [9.17, 15) is 4.79 Å². The lowest BCUT2D eigenvalue weighted by Gasteiger charge is -2.39. The number of carbonyl (C=O) groups is 1. The van der Waals surface area contributed by atoms with Gasteiger partial charge in [0.1, 0.15) is 6.04 Å². The number of nitrogens with zero attached hydrogens (tertiary/aromatic N) is 1. The van der Waals surface area contributed by atoms with Gasteiger partial charge in [-0.15, -0.1) is 0 Å². The number of carbonyl (C=O) groups excluding carboxylic acids is 1. The van der Waals surface area contributed by atoms with Crippen molar-refractivity contribution in [1.29, 1.82) is 0 Å². The molecule has 1 N–H and O–H groups in total. The van der Waals surface area contributed by atoms with Crippen LogP contribution in [-0.2, 0) is 4.79 Å². The average Bonchev–Trinajstić information content (AvgIpc) is 2.38. The second-order valence-corrected chi connectivity index (χ2v) is 6.26. The highest BCUT2D eigenvalue weighted by Gasteiger charge is 2.30. The summed E-state index contributed by atoms with van der Waals surface area (Å²) in [6.45, 7) is 8.18. The Hall–Kier alpha value is -1.51. The molecule has 19 heavy (non-hydrogen) atoms. The summed E-state index contributed by atoms with van der Waals surface area (Å²) in [5.74, 6) is 0.205. The van der Waals surface area contributed by atoms with Gasteiger partial charge in [-0.2, -0.15) is 0 Å². The molecule has 1 unspecified atom stereocenters. The SMILES string of the molecule is CC(Nc1ccccc1)C(=O)N1CCCC(C)(C)C1. The first-order valence-corrected chi connectivity index (χ1v) is 7.08. The molecule has 1 aromatic carbocycles. The highest BCUT2D eigenvalue weighted by Crippen LogP contribution is 2.28. The summed E-state index contributed by atoms with van der Waals surface area (Å²) in [5, 5.41) is 3.28. The van der Waals surface area contributed by atoms with Crippen LogP contribution in [0.5, 0.6) is 0 Å². The molecule has 1 saturated heterocycles. The van der Waals surface area contributed by atoms with Gasteiger partial charge in [-0.1, -0.05) is 32.0 Å². The maximum atomic E-state index is 12.5. The van der Waals surface area contributed by atoms with Crippen LogP contribution in [0.3, 0.4) is 0 Å².